The van der Waals surface area contributed by atoms with Crippen LogP contribution in [0.1, 0.15) is 49.9 Å². The third kappa shape index (κ3) is 5.28. The monoisotopic (exact) mass is 419 g/mol. The molecule has 5 heteroatoms. The van der Waals surface area contributed by atoms with E-state index in [0.29, 0.717) is 6.61 Å². The highest BCUT2D eigenvalue weighted by Gasteiger charge is 2.23. The number of ether oxygens (including phenoxy) is 2. The Morgan fingerprint density at radius 3 is 2.68 bits per heavy atom. The Balaban J connectivity index is 1.52. The summed E-state index contributed by atoms with van der Waals surface area (Å²) in [5, 5.41) is 7.95. The van der Waals surface area contributed by atoms with Crippen LogP contribution in [0.4, 0.5) is 0 Å². The lowest BCUT2D eigenvalue weighted by Gasteiger charge is -2.27. The first-order chi connectivity index (χ1) is 15.3. The minimum atomic E-state index is 0.609. The molecular weight excluding hydrogens is 386 g/mol. The van der Waals surface area contributed by atoms with Crippen LogP contribution in [0.5, 0.6) is 11.5 Å². The van der Waals surface area contributed by atoms with Gasteiger partial charge in [0.2, 0.25) is 0 Å². The Hall–Kier alpha value is -2.79. The van der Waals surface area contributed by atoms with E-state index in [4.69, 9.17) is 9.47 Å². The lowest BCUT2D eigenvalue weighted by molar-refractivity contribution is 0.245. The van der Waals surface area contributed by atoms with E-state index in [9.17, 15) is 0 Å². The van der Waals surface area contributed by atoms with Crippen LogP contribution >= 0.6 is 0 Å². The molecular formula is C26H33N3O2. The summed E-state index contributed by atoms with van der Waals surface area (Å²) in [5.74, 6) is 1.61. The Morgan fingerprint density at radius 2 is 1.87 bits per heavy atom. The molecule has 0 amide bonds. The third-order valence-corrected chi connectivity index (χ3v) is 5.78. The minimum Gasteiger partial charge on any atom is -0.490 e. The standard InChI is InChI=1S/C26H33N3O2/c1-3-5-9-16-31-24-13-12-21(17-25(24)30-4-2)26-22-19-29(15-14-23(22)27-28-26)18-20-10-7-6-8-11-20/h6-8,10-13,17H,3-5,9,14-16,18-19H2,1-2H3,(H,27,28). The van der Waals surface area contributed by atoms with Crippen LogP contribution < -0.4 is 9.47 Å². The minimum absolute atomic E-state index is 0.609. The Labute approximate surface area is 185 Å². The molecule has 0 saturated heterocycles. The molecule has 0 radical (unpaired) electrons. The average Bonchev–Trinajstić information content (AvgIpc) is 3.22. The van der Waals surface area contributed by atoms with Gasteiger partial charge in [-0.15, -0.1) is 0 Å². The topological polar surface area (TPSA) is 50.4 Å². The summed E-state index contributed by atoms with van der Waals surface area (Å²) >= 11 is 0. The normalized spacial score (nSPS) is 13.7. The zero-order valence-corrected chi connectivity index (χ0v) is 18.7. The Morgan fingerprint density at radius 1 is 1.00 bits per heavy atom. The second kappa shape index (κ2) is 10.5. The molecule has 4 rings (SSSR count). The van der Waals surface area contributed by atoms with E-state index >= 15 is 0 Å². The van der Waals surface area contributed by atoms with E-state index in [0.717, 1.165) is 61.8 Å². The number of aromatic amines is 1. The predicted molar refractivity (Wildman–Crippen MR) is 124 cm³/mol. The molecule has 2 aromatic carbocycles. The molecule has 5 nitrogen and oxygen atoms in total. The molecule has 164 valence electrons. The summed E-state index contributed by atoms with van der Waals surface area (Å²) in [4.78, 5) is 2.49. The van der Waals surface area contributed by atoms with Crippen LogP contribution in [0.15, 0.2) is 48.5 Å². The summed E-state index contributed by atoms with van der Waals surface area (Å²) in [6.07, 6.45) is 4.42. The van der Waals surface area contributed by atoms with Crippen molar-refractivity contribution in [2.45, 2.75) is 52.6 Å². The van der Waals surface area contributed by atoms with Crippen molar-refractivity contribution in [1.82, 2.24) is 15.1 Å². The summed E-state index contributed by atoms with van der Waals surface area (Å²) in [6, 6.07) is 16.9. The summed E-state index contributed by atoms with van der Waals surface area (Å²) in [5.41, 5.74) is 5.98. The van der Waals surface area contributed by atoms with Gasteiger partial charge in [0, 0.05) is 42.9 Å². The maximum Gasteiger partial charge on any atom is 0.161 e. The van der Waals surface area contributed by atoms with Crippen molar-refractivity contribution in [3.8, 4) is 22.8 Å². The predicted octanol–water partition coefficient (Wildman–Crippen LogP) is 5.60. The lowest BCUT2D eigenvalue weighted by atomic mass is 10.00. The second-order valence-electron chi connectivity index (χ2n) is 8.13. The zero-order chi connectivity index (χ0) is 21.5. The fourth-order valence-electron chi connectivity index (χ4n) is 4.14. The molecule has 0 bridgehead atoms. The van der Waals surface area contributed by atoms with E-state index in [2.05, 4.69) is 64.5 Å². The Bertz CT molecular complexity index is 968. The van der Waals surface area contributed by atoms with Gasteiger partial charge in [0.15, 0.2) is 11.5 Å². The van der Waals surface area contributed by atoms with E-state index in [1.165, 1.54) is 29.7 Å². The van der Waals surface area contributed by atoms with Crippen molar-refractivity contribution in [1.29, 1.82) is 0 Å². The maximum absolute atomic E-state index is 6.00. The number of hydrogen-bond donors (Lipinski definition) is 1. The van der Waals surface area contributed by atoms with Crippen LogP contribution in [-0.2, 0) is 19.5 Å². The summed E-state index contributed by atoms with van der Waals surface area (Å²) in [7, 11) is 0. The van der Waals surface area contributed by atoms with Gasteiger partial charge in [-0.1, -0.05) is 50.1 Å². The van der Waals surface area contributed by atoms with Gasteiger partial charge in [0.1, 0.15) is 0 Å². The zero-order valence-electron chi connectivity index (χ0n) is 18.7. The van der Waals surface area contributed by atoms with Crippen molar-refractivity contribution >= 4 is 0 Å². The Kier molecular flexibility index (Phi) is 7.26. The molecule has 0 spiro atoms. The fourth-order valence-corrected chi connectivity index (χ4v) is 4.14. The van der Waals surface area contributed by atoms with Gasteiger partial charge in [0.25, 0.3) is 0 Å². The van der Waals surface area contributed by atoms with Gasteiger partial charge in [-0.2, -0.15) is 5.10 Å². The number of unbranched alkanes of at least 4 members (excludes halogenated alkanes) is 2. The first-order valence-corrected chi connectivity index (χ1v) is 11.5. The van der Waals surface area contributed by atoms with Gasteiger partial charge < -0.3 is 9.47 Å². The highest BCUT2D eigenvalue weighted by molar-refractivity contribution is 5.68. The van der Waals surface area contributed by atoms with E-state index in [-0.39, 0.29) is 0 Å². The molecule has 31 heavy (non-hydrogen) atoms. The quantitative estimate of drug-likeness (QED) is 0.435. The second-order valence-corrected chi connectivity index (χ2v) is 8.13. The van der Waals surface area contributed by atoms with Gasteiger partial charge >= 0.3 is 0 Å². The van der Waals surface area contributed by atoms with Crippen LogP contribution in [0, 0.1) is 0 Å². The molecule has 0 fully saturated rings. The van der Waals surface area contributed by atoms with Crippen LogP contribution in [0.2, 0.25) is 0 Å². The number of nitrogens with zero attached hydrogens (tertiary/aromatic N) is 2. The molecule has 1 N–H and O–H groups in total. The van der Waals surface area contributed by atoms with Crippen molar-refractivity contribution in [2.75, 3.05) is 19.8 Å². The fraction of sp³-hybridized carbons (Fsp3) is 0.423. The lowest BCUT2D eigenvalue weighted by Crippen LogP contribution is -2.29. The van der Waals surface area contributed by atoms with Crippen molar-refractivity contribution in [2.24, 2.45) is 0 Å². The third-order valence-electron chi connectivity index (χ3n) is 5.78. The first-order valence-electron chi connectivity index (χ1n) is 11.5. The van der Waals surface area contributed by atoms with Crippen LogP contribution in [0.25, 0.3) is 11.3 Å². The molecule has 1 aliphatic heterocycles. The van der Waals surface area contributed by atoms with Crippen molar-refractivity contribution in [3.63, 3.8) is 0 Å². The van der Waals surface area contributed by atoms with Gasteiger partial charge in [0.05, 0.1) is 18.9 Å². The molecule has 0 aliphatic carbocycles. The SMILES string of the molecule is CCCCCOc1ccc(-c2n[nH]c3c2CN(Cc2ccccc2)CC3)cc1OCC. The molecule has 1 aromatic heterocycles. The van der Waals surface area contributed by atoms with E-state index in [1.54, 1.807) is 0 Å². The number of H-pyrrole nitrogens is 1. The molecule has 0 saturated carbocycles. The maximum atomic E-state index is 6.00. The molecule has 0 atom stereocenters. The van der Waals surface area contributed by atoms with Gasteiger partial charge in [-0.25, -0.2) is 0 Å². The number of fused-ring (bicyclic) bond motifs is 1. The average molecular weight is 420 g/mol. The highest BCUT2D eigenvalue weighted by atomic mass is 16.5. The molecule has 2 heterocycles. The number of aromatic nitrogens is 2. The van der Waals surface area contributed by atoms with Gasteiger partial charge in [-0.3, -0.25) is 10.00 Å². The number of rotatable bonds is 10. The molecule has 0 unspecified atom stereocenters. The molecule has 1 aliphatic rings. The smallest absolute Gasteiger partial charge is 0.161 e. The number of hydrogen-bond acceptors (Lipinski definition) is 4. The molecule has 3 aromatic rings. The van der Waals surface area contributed by atoms with Gasteiger partial charge in [-0.05, 0) is 37.1 Å². The summed E-state index contributed by atoms with van der Waals surface area (Å²) in [6.45, 7) is 8.43. The first kappa shape index (κ1) is 21.4. The van der Waals surface area contributed by atoms with Crippen molar-refractivity contribution < 1.29 is 9.47 Å². The highest BCUT2D eigenvalue weighted by Crippen LogP contribution is 2.35. The number of nitrogens with one attached hydrogen (secondary N) is 1. The number of benzene rings is 2. The van der Waals surface area contributed by atoms with Crippen molar-refractivity contribution in [3.05, 3.63) is 65.4 Å². The largest absolute Gasteiger partial charge is 0.490 e. The van der Waals surface area contributed by atoms with E-state index < -0.39 is 0 Å². The van der Waals surface area contributed by atoms with E-state index in [1.807, 2.05) is 13.0 Å². The summed E-state index contributed by atoms with van der Waals surface area (Å²) < 4.78 is 11.9. The van der Waals surface area contributed by atoms with Crippen LogP contribution in [0.3, 0.4) is 0 Å². The van der Waals surface area contributed by atoms with Crippen LogP contribution in [-0.4, -0.2) is 34.9 Å².